The molecule has 2 nitrogen and oxygen atoms in total. The zero-order valence-corrected chi connectivity index (χ0v) is 13.7. The van der Waals surface area contributed by atoms with Gasteiger partial charge in [-0.1, -0.05) is 37.1 Å². The van der Waals surface area contributed by atoms with E-state index in [4.69, 9.17) is 4.74 Å². The van der Waals surface area contributed by atoms with Gasteiger partial charge in [-0.3, -0.25) is 4.79 Å². The monoisotopic (exact) mass is 286 g/mol. The Bertz CT molecular complexity index is 560. The molecule has 0 fully saturated rings. The Morgan fingerprint density at radius 2 is 1.95 bits per heavy atom. The minimum absolute atomic E-state index is 0.0319. The smallest absolute Gasteiger partial charge is 0.163 e. The molecule has 2 atom stereocenters. The van der Waals surface area contributed by atoms with Crippen molar-refractivity contribution in [3.63, 3.8) is 0 Å². The third-order valence-electron chi connectivity index (χ3n) is 5.86. The molecule has 0 spiro atoms. The van der Waals surface area contributed by atoms with Crippen LogP contribution in [-0.4, -0.2) is 19.0 Å². The number of allylic oxidation sites excluding steroid dienone is 4. The number of hydrogen-bond donors (Lipinski definition) is 0. The van der Waals surface area contributed by atoms with Crippen LogP contribution in [0, 0.1) is 11.3 Å². The van der Waals surface area contributed by atoms with E-state index < -0.39 is 0 Å². The highest BCUT2D eigenvalue weighted by atomic mass is 16.5. The number of methoxy groups -OCH3 is 1. The minimum atomic E-state index is -0.0319. The van der Waals surface area contributed by atoms with Crippen LogP contribution < -0.4 is 0 Å². The van der Waals surface area contributed by atoms with E-state index >= 15 is 0 Å². The minimum Gasteiger partial charge on any atom is -0.377 e. The number of fused-ring (bicyclic) bond motifs is 2. The molecule has 0 aromatic rings. The quantitative estimate of drug-likeness (QED) is 0.669. The first-order valence-corrected chi connectivity index (χ1v) is 8.09. The summed E-state index contributed by atoms with van der Waals surface area (Å²) in [7, 11) is 1.78. The summed E-state index contributed by atoms with van der Waals surface area (Å²) in [6.45, 7) is 6.75. The van der Waals surface area contributed by atoms with E-state index in [1.165, 1.54) is 16.7 Å². The number of Topliss-reactive ketones (excluding diaryl/α,β-unsaturated/α-hetero) is 1. The Kier molecular flexibility index (Phi) is 3.69. The molecule has 21 heavy (non-hydrogen) atoms. The normalized spacial score (nSPS) is 31.9. The fourth-order valence-electron chi connectivity index (χ4n) is 4.52. The third-order valence-corrected chi connectivity index (χ3v) is 5.86. The Morgan fingerprint density at radius 1 is 1.24 bits per heavy atom. The summed E-state index contributed by atoms with van der Waals surface area (Å²) in [5.74, 6) is 0.525. The molecule has 114 valence electrons. The molecular formula is C19H26O2. The van der Waals surface area contributed by atoms with Crippen molar-refractivity contribution in [3.8, 4) is 0 Å². The Balaban J connectivity index is 2.15. The molecule has 0 unspecified atom stereocenters. The van der Waals surface area contributed by atoms with Gasteiger partial charge in [-0.15, -0.1) is 0 Å². The standard InChI is InChI=1S/C19H26O2/c1-12-9-10-15-18(20)14-8-6-5-7-13(14)17(21-4)11-16(12)19(15,2)3/h5-6,15,17H,7-11H2,1-4H3/t15-,17-/m0/s1. The first-order valence-electron chi connectivity index (χ1n) is 8.09. The molecule has 0 N–H and O–H groups in total. The summed E-state index contributed by atoms with van der Waals surface area (Å²) in [5.41, 5.74) is 5.18. The topological polar surface area (TPSA) is 26.3 Å². The van der Waals surface area contributed by atoms with Crippen LogP contribution in [0.3, 0.4) is 0 Å². The number of rotatable bonds is 1. The molecule has 0 aliphatic heterocycles. The molecular weight excluding hydrogens is 260 g/mol. The van der Waals surface area contributed by atoms with Crippen molar-refractivity contribution in [2.45, 2.75) is 59.0 Å². The van der Waals surface area contributed by atoms with Gasteiger partial charge in [-0.2, -0.15) is 0 Å². The van der Waals surface area contributed by atoms with E-state index in [2.05, 4.69) is 32.9 Å². The maximum absolute atomic E-state index is 13.2. The molecule has 3 aliphatic rings. The van der Waals surface area contributed by atoms with Crippen molar-refractivity contribution in [2.24, 2.45) is 11.3 Å². The van der Waals surface area contributed by atoms with Crippen molar-refractivity contribution >= 4 is 5.78 Å². The van der Waals surface area contributed by atoms with Gasteiger partial charge in [0.05, 0.1) is 6.10 Å². The summed E-state index contributed by atoms with van der Waals surface area (Å²) < 4.78 is 5.80. The Morgan fingerprint density at radius 3 is 2.67 bits per heavy atom. The van der Waals surface area contributed by atoms with Gasteiger partial charge in [0.2, 0.25) is 0 Å². The van der Waals surface area contributed by atoms with Gasteiger partial charge < -0.3 is 4.74 Å². The van der Waals surface area contributed by atoms with E-state index in [1.54, 1.807) is 7.11 Å². The maximum Gasteiger partial charge on any atom is 0.163 e. The number of hydrogen-bond acceptors (Lipinski definition) is 2. The zero-order valence-electron chi connectivity index (χ0n) is 13.7. The van der Waals surface area contributed by atoms with Crippen LogP contribution in [0.2, 0.25) is 0 Å². The summed E-state index contributed by atoms with van der Waals surface area (Å²) in [6, 6.07) is 0. The zero-order chi connectivity index (χ0) is 15.2. The van der Waals surface area contributed by atoms with Crippen LogP contribution in [0.4, 0.5) is 0 Å². The second-order valence-corrected chi connectivity index (χ2v) is 7.25. The number of carbonyl (C=O) groups excluding carboxylic acids is 1. The fourth-order valence-corrected chi connectivity index (χ4v) is 4.52. The molecule has 0 saturated heterocycles. The molecule has 0 radical (unpaired) electrons. The highest BCUT2D eigenvalue weighted by molar-refractivity contribution is 5.99. The van der Waals surface area contributed by atoms with Crippen molar-refractivity contribution in [2.75, 3.05) is 7.11 Å². The van der Waals surface area contributed by atoms with Gasteiger partial charge in [-0.25, -0.2) is 0 Å². The summed E-state index contributed by atoms with van der Waals surface area (Å²) in [4.78, 5) is 13.2. The van der Waals surface area contributed by atoms with Crippen LogP contribution >= 0.6 is 0 Å². The lowest BCUT2D eigenvalue weighted by molar-refractivity contribution is -0.123. The van der Waals surface area contributed by atoms with Gasteiger partial charge >= 0.3 is 0 Å². The van der Waals surface area contributed by atoms with Gasteiger partial charge in [-0.05, 0) is 50.0 Å². The van der Waals surface area contributed by atoms with Crippen molar-refractivity contribution in [1.29, 1.82) is 0 Å². The van der Waals surface area contributed by atoms with E-state index in [1.807, 2.05) is 0 Å². The van der Waals surface area contributed by atoms with E-state index in [-0.39, 0.29) is 17.4 Å². The lowest BCUT2D eigenvalue weighted by atomic mass is 9.59. The predicted molar refractivity (Wildman–Crippen MR) is 85.0 cm³/mol. The molecule has 0 saturated carbocycles. The highest BCUT2D eigenvalue weighted by Gasteiger charge is 2.45. The molecule has 0 aromatic heterocycles. The van der Waals surface area contributed by atoms with Gasteiger partial charge in [0, 0.05) is 18.6 Å². The van der Waals surface area contributed by atoms with Crippen LogP contribution in [0.5, 0.6) is 0 Å². The van der Waals surface area contributed by atoms with Crippen molar-refractivity contribution in [1.82, 2.24) is 0 Å². The van der Waals surface area contributed by atoms with Crippen LogP contribution in [0.15, 0.2) is 34.4 Å². The van der Waals surface area contributed by atoms with Crippen LogP contribution in [0.1, 0.15) is 52.9 Å². The lowest BCUT2D eigenvalue weighted by Gasteiger charge is -2.45. The fraction of sp³-hybridized carbons (Fsp3) is 0.632. The SMILES string of the molecule is CO[C@H]1CC2=C(C)CC[C@@H](C(=O)C3=C1CC=CC3)C2(C)C. The molecule has 2 bridgehead atoms. The van der Waals surface area contributed by atoms with Gasteiger partial charge in [0.1, 0.15) is 0 Å². The average molecular weight is 286 g/mol. The molecule has 3 aliphatic carbocycles. The molecule has 0 heterocycles. The highest BCUT2D eigenvalue weighted by Crippen LogP contribution is 2.50. The first-order chi connectivity index (χ1) is 9.96. The van der Waals surface area contributed by atoms with Gasteiger partial charge in [0.15, 0.2) is 5.78 Å². The van der Waals surface area contributed by atoms with Crippen LogP contribution in [0.25, 0.3) is 0 Å². The second kappa shape index (κ2) is 5.24. The number of ether oxygens (including phenoxy) is 1. The Labute approximate surface area is 127 Å². The lowest BCUT2D eigenvalue weighted by Crippen LogP contribution is -2.41. The second-order valence-electron chi connectivity index (χ2n) is 7.25. The predicted octanol–water partition coefficient (Wildman–Crippen LogP) is 4.37. The van der Waals surface area contributed by atoms with Gasteiger partial charge in [0.25, 0.3) is 0 Å². The van der Waals surface area contributed by atoms with Crippen LogP contribution in [-0.2, 0) is 9.53 Å². The molecule has 0 amide bonds. The molecule has 0 aromatic carbocycles. The summed E-state index contributed by atoms with van der Waals surface area (Å²) in [6.07, 6.45) is 9.06. The van der Waals surface area contributed by atoms with E-state index in [9.17, 15) is 4.79 Å². The van der Waals surface area contributed by atoms with Crippen molar-refractivity contribution in [3.05, 3.63) is 34.4 Å². The third kappa shape index (κ3) is 2.24. The molecule has 2 heteroatoms. The summed E-state index contributed by atoms with van der Waals surface area (Å²) >= 11 is 0. The van der Waals surface area contributed by atoms with Crippen molar-refractivity contribution < 1.29 is 9.53 Å². The number of ketones is 1. The van der Waals surface area contributed by atoms with E-state index in [0.717, 1.165) is 37.7 Å². The molecule has 3 rings (SSSR count). The maximum atomic E-state index is 13.2. The number of carbonyl (C=O) groups is 1. The summed E-state index contributed by atoms with van der Waals surface area (Å²) in [5, 5.41) is 0. The first kappa shape index (κ1) is 14.8. The Hall–Kier alpha value is -1.15. The average Bonchev–Trinajstić information content (AvgIpc) is 2.46. The van der Waals surface area contributed by atoms with E-state index in [0.29, 0.717) is 5.78 Å². The largest absolute Gasteiger partial charge is 0.377 e.